The van der Waals surface area contributed by atoms with E-state index < -0.39 is 5.97 Å². The fourth-order valence-electron chi connectivity index (χ4n) is 2.16. The zero-order chi connectivity index (χ0) is 13.9. The molecule has 0 spiro atoms. The highest BCUT2D eigenvalue weighted by atomic mass is 32.2. The van der Waals surface area contributed by atoms with E-state index in [0.717, 1.165) is 6.54 Å². The van der Waals surface area contributed by atoms with Gasteiger partial charge in [0.05, 0.1) is 19.0 Å². The van der Waals surface area contributed by atoms with E-state index in [1.165, 1.54) is 26.4 Å². The van der Waals surface area contributed by atoms with Crippen molar-refractivity contribution in [1.82, 2.24) is 4.98 Å². The molecule has 5 nitrogen and oxygen atoms in total. The van der Waals surface area contributed by atoms with Crippen molar-refractivity contribution in [2.24, 2.45) is 0 Å². The van der Waals surface area contributed by atoms with Crippen molar-refractivity contribution in [3.63, 3.8) is 0 Å². The number of esters is 1. The van der Waals surface area contributed by atoms with Gasteiger partial charge in [-0.1, -0.05) is 6.42 Å². The highest BCUT2D eigenvalue weighted by Crippen LogP contribution is 2.42. The quantitative estimate of drug-likeness (QED) is 0.805. The van der Waals surface area contributed by atoms with Gasteiger partial charge in [0.1, 0.15) is 11.4 Å². The fraction of sp³-hybridized carbons (Fsp3) is 0.538. The van der Waals surface area contributed by atoms with Crippen LogP contribution in [0.25, 0.3) is 0 Å². The number of pyridine rings is 1. The van der Waals surface area contributed by atoms with E-state index >= 15 is 0 Å². The molecule has 19 heavy (non-hydrogen) atoms. The molecule has 1 aliphatic carbocycles. The van der Waals surface area contributed by atoms with E-state index in [9.17, 15) is 4.79 Å². The Morgan fingerprint density at radius 1 is 1.63 bits per heavy atom. The van der Waals surface area contributed by atoms with Gasteiger partial charge in [-0.15, -0.1) is 0 Å². The third-order valence-electron chi connectivity index (χ3n) is 3.59. The number of nitrogen functional groups attached to an aromatic ring is 1. The van der Waals surface area contributed by atoms with Crippen LogP contribution in [-0.2, 0) is 4.74 Å². The minimum atomic E-state index is -0.422. The minimum absolute atomic E-state index is 0.274. The van der Waals surface area contributed by atoms with Crippen LogP contribution in [0, 0.1) is 0 Å². The lowest BCUT2D eigenvalue weighted by atomic mass is 9.84. The number of hydrogen-bond donors (Lipinski definition) is 2. The summed E-state index contributed by atoms with van der Waals surface area (Å²) in [6.45, 7) is 0.801. The second kappa shape index (κ2) is 5.69. The molecule has 0 saturated heterocycles. The van der Waals surface area contributed by atoms with Crippen LogP contribution in [0.15, 0.2) is 12.3 Å². The molecule has 0 bridgehead atoms. The van der Waals surface area contributed by atoms with Crippen LogP contribution in [0.1, 0.15) is 29.6 Å². The Bertz CT molecular complexity index is 469. The smallest absolute Gasteiger partial charge is 0.341 e. The number of carbonyl (C=O) groups excluding carboxylic acids is 1. The number of rotatable bonds is 5. The lowest BCUT2D eigenvalue weighted by molar-refractivity contribution is 0.0601. The SMILES string of the molecule is COC(=O)c1cc(N)cnc1NCC1(SC)CCC1. The zero-order valence-corrected chi connectivity index (χ0v) is 12.0. The number of nitrogens with zero attached hydrogens (tertiary/aromatic N) is 1. The van der Waals surface area contributed by atoms with Crippen molar-refractivity contribution in [3.8, 4) is 0 Å². The predicted molar refractivity (Wildman–Crippen MR) is 78.6 cm³/mol. The first-order chi connectivity index (χ1) is 9.10. The third-order valence-corrected chi connectivity index (χ3v) is 5.01. The molecule has 1 aromatic heterocycles. The molecule has 6 heteroatoms. The highest BCUT2D eigenvalue weighted by molar-refractivity contribution is 8.00. The van der Waals surface area contributed by atoms with E-state index in [1.54, 1.807) is 12.3 Å². The first kappa shape index (κ1) is 14.0. The van der Waals surface area contributed by atoms with E-state index in [0.29, 0.717) is 17.1 Å². The molecule has 1 aromatic rings. The molecule has 104 valence electrons. The maximum atomic E-state index is 11.7. The van der Waals surface area contributed by atoms with Gasteiger partial charge in [-0.3, -0.25) is 0 Å². The Morgan fingerprint density at radius 2 is 2.37 bits per heavy atom. The molecular weight excluding hydrogens is 262 g/mol. The number of nitrogens with two attached hydrogens (primary N) is 1. The first-order valence-corrected chi connectivity index (χ1v) is 7.45. The lowest BCUT2D eigenvalue weighted by Crippen LogP contribution is -2.40. The average molecular weight is 281 g/mol. The number of methoxy groups -OCH3 is 1. The Kier molecular flexibility index (Phi) is 4.19. The number of aromatic nitrogens is 1. The van der Waals surface area contributed by atoms with Crippen LogP contribution in [0.4, 0.5) is 11.5 Å². The van der Waals surface area contributed by atoms with Crippen LogP contribution < -0.4 is 11.1 Å². The summed E-state index contributed by atoms with van der Waals surface area (Å²) in [6, 6.07) is 1.59. The fourth-order valence-corrected chi connectivity index (χ4v) is 3.07. The molecule has 1 fully saturated rings. The summed E-state index contributed by atoms with van der Waals surface area (Å²) >= 11 is 1.87. The highest BCUT2D eigenvalue weighted by Gasteiger charge is 2.36. The van der Waals surface area contributed by atoms with Crippen LogP contribution >= 0.6 is 11.8 Å². The number of nitrogens with one attached hydrogen (secondary N) is 1. The molecule has 1 saturated carbocycles. The van der Waals surface area contributed by atoms with Crippen LogP contribution in [0.3, 0.4) is 0 Å². The molecule has 0 aromatic carbocycles. The summed E-state index contributed by atoms with van der Waals surface area (Å²) in [5.41, 5.74) is 6.50. The van der Waals surface area contributed by atoms with Gasteiger partial charge in [0.15, 0.2) is 0 Å². The van der Waals surface area contributed by atoms with Crippen molar-refractivity contribution in [3.05, 3.63) is 17.8 Å². The zero-order valence-electron chi connectivity index (χ0n) is 11.2. The minimum Gasteiger partial charge on any atom is -0.465 e. The average Bonchev–Trinajstić information content (AvgIpc) is 2.38. The van der Waals surface area contributed by atoms with Crippen molar-refractivity contribution < 1.29 is 9.53 Å². The summed E-state index contributed by atoms with van der Waals surface area (Å²) in [6.07, 6.45) is 7.33. The van der Waals surface area contributed by atoms with E-state index in [-0.39, 0.29) is 4.75 Å². The number of carbonyl (C=O) groups is 1. The maximum absolute atomic E-state index is 11.7. The normalized spacial score (nSPS) is 16.5. The van der Waals surface area contributed by atoms with Gasteiger partial charge in [-0.05, 0) is 25.2 Å². The predicted octanol–water partition coefficient (Wildman–Crippen LogP) is 2.15. The van der Waals surface area contributed by atoms with Gasteiger partial charge < -0.3 is 15.8 Å². The van der Waals surface area contributed by atoms with Gasteiger partial charge >= 0.3 is 5.97 Å². The number of thioether (sulfide) groups is 1. The first-order valence-electron chi connectivity index (χ1n) is 6.23. The molecule has 0 amide bonds. The Hall–Kier alpha value is -1.43. The number of hydrogen-bond acceptors (Lipinski definition) is 6. The van der Waals surface area contributed by atoms with Crippen molar-refractivity contribution in [1.29, 1.82) is 0 Å². The van der Waals surface area contributed by atoms with E-state index in [4.69, 9.17) is 10.5 Å². The van der Waals surface area contributed by atoms with Gasteiger partial charge in [0, 0.05) is 11.3 Å². The van der Waals surface area contributed by atoms with Crippen LogP contribution in [0.2, 0.25) is 0 Å². The van der Waals surface area contributed by atoms with Crippen molar-refractivity contribution in [2.45, 2.75) is 24.0 Å². The summed E-state index contributed by atoms with van der Waals surface area (Å²) in [7, 11) is 1.35. The van der Waals surface area contributed by atoms with E-state index in [2.05, 4.69) is 16.6 Å². The van der Waals surface area contributed by atoms with E-state index in [1.807, 2.05) is 11.8 Å². The van der Waals surface area contributed by atoms with Gasteiger partial charge in [0.2, 0.25) is 0 Å². The second-order valence-corrected chi connectivity index (χ2v) is 6.02. The topological polar surface area (TPSA) is 77.2 Å². The van der Waals surface area contributed by atoms with Gasteiger partial charge in [0.25, 0.3) is 0 Å². The summed E-state index contributed by atoms with van der Waals surface area (Å²) in [5, 5.41) is 3.26. The number of anilines is 2. The lowest BCUT2D eigenvalue weighted by Gasteiger charge is -2.40. The molecular formula is C13H19N3O2S. The Morgan fingerprint density at radius 3 is 2.89 bits per heavy atom. The summed E-state index contributed by atoms with van der Waals surface area (Å²) in [4.78, 5) is 15.9. The maximum Gasteiger partial charge on any atom is 0.341 e. The molecule has 1 aliphatic rings. The van der Waals surface area contributed by atoms with Gasteiger partial charge in [-0.2, -0.15) is 11.8 Å². The van der Waals surface area contributed by atoms with Crippen molar-refractivity contribution >= 4 is 29.2 Å². The largest absolute Gasteiger partial charge is 0.465 e. The standard InChI is InChI=1S/C13H19N3O2S/c1-18-12(17)10-6-9(14)7-15-11(10)16-8-13(19-2)4-3-5-13/h6-7H,3-5,8,14H2,1-2H3,(H,15,16). The summed E-state index contributed by atoms with van der Waals surface area (Å²) < 4.78 is 5.03. The molecule has 3 N–H and O–H groups in total. The third kappa shape index (κ3) is 2.94. The molecule has 0 radical (unpaired) electrons. The van der Waals surface area contributed by atoms with Crippen LogP contribution in [-0.4, -0.2) is 35.6 Å². The molecule has 2 rings (SSSR count). The summed E-state index contributed by atoms with van der Waals surface area (Å²) in [5.74, 6) is 0.121. The van der Waals surface area contributed by atoms with Crippen molar-refractivity contribution in [2.75, 3.05) is 31.0 Å². The van der Waals surface area contributed by atoms with Crippen LogP contribution in [0.5, 0.6) is 0 Å². The second-order valence-electron chi connectivity index (χ2n) is 4.75. The Balaban J connectivity index is 2.13. The molecule has 0 unspecified atom stereocenters. The molecule has 0 atom stereocenters. The molecule has 0 aliphatic heterocycles. The monoisotopic (exact) mass is 281 g/mol. The molecule has 1 heterocycles. The number of ether oxygens (including phenoxy) is 1. The Labute approximate surface area is 117 Å². The van der Waals surface area contributed by atoms with Gasteiger partial charge in [-0.25, -0.2) is 9.78 Å².